The number of pyridine rings is 1. The third kappa shape index (κ3) is 5.03. The summed E-state index contributed by atoms with van der Waals surface area (Å²) in [7, 11) is -3.50. The molecule has 0 radical (unpaired) electrons. The molecule has 1 aromatic heterocycles. The van der Waals surface area contributed by atoms with Gasteiger partial charge in [0, 0.05) is 25.8 Å². The van der Waals surface area contributed by atoms with Gasteiger partial charge in [0.2, 0.25) is 0 Å². The second kappa shape index (κ2) is 7.84. The molecule has 7 heteroatoms. The minimum absolute atomic E-state index is 0.0872. The van der Waals surface area contributed by atoms with E-state index in [2.05, 4.69) is 19.9 Å². The standard InChI is InChI=1S/C14H24N4O2S/c1-2-15-11-13-5-6-14(16-12-13)21(19,20)17-7-10-18-8-3-4-9-18/h5-6,12,15,17H,2-4,7-11H2,1H3. The number of hydrogen-bond donors (Lipinski definition) is 2. The van der Waals surface area contributed by atoms with Crippen molar-refractivity contribution >= 4 is 10.0 Å². The van der Waals surface area contributed by atoms with Gasteiger partial charge in [-0.15, -0.1) is 0 Å². The van der Waals surface area contributed by atoms with Crippen LogP contribution in [-0.4, -0.2) is 51.0 Å². The Morgan fingerprint density at radius 2 is 2.05 bits per heavy atom. The Morgan fingerprint density at radius 1 is 1.29 bits per heavy atom. The summed E-state index contributed by atoms with van der Waals surface area (Å²) in [6.45, 7) is 6.93. The van der Waals surface area contributed by atoms with E-state index in [0.717, 1.165) is 31.7 Å². The third-order valence-corrected chi connectivity index (χ3v) is 4.95. The van der Waals surface area contributed by atoms with Gasteiger partial charge in [0.25, 0.3) is 10.0 Å². The molecule has 1 saturated heterocycles. The van der Waals surface area contributed by atoms with Crippen LogP contribution in [0.5, 0.6) is 0 Å². The van der Waals surface area contributed by atoms with Gasteiger partial charge < -0.3 is 10.2 Å². The highest BCUT2D eigenvalue weighted by molar-refractivity contribution is 7.89. The number of nitrogens with one attached hydrogen (secondary N) is 2. The normalized spacial score (nSPS) is 16.4. The van der Waals surface area contributed by atoms with Crippen LogP contribution in [0.1, 0.15) is 25.3 Å². The van der Waals surface area contributed by atoms with Crippen molar-refractivity contribution in [1.82, 2.24) is 19.9 Å². The molecule has 1 aromatic rings. The summed E-state index contributed by atoms with van der Waals surface area (Å²) in [4.78, 5) is 6.32. The second-order valence-corrected chi connectivity index (χ2v) is 6.95. The predicted octanol–water partition coefficient (Wildman–Crippen LogP) is 0.565. The maximum absolute atomic E-state index is 12.1. The van der Waals surface area contributed by atoms with Crippen LogP contribution in [0.15, 0.2) is 23.4 Å². The van der Waals surface area contributed by atoms with Crippen molar-refractivity contribution in [1.29, 1.82) is 0 Å². The molecule has 0 aromatic carbocycles. The quantitative estimate of drug-likeness (QED) is 0.734. The van der Waals surface area contributed by atoms with Gasteiger partial charge in [0.15, 0.2) is 5.03 Å². The van der Waals surface area contributed by atoms with Crippen molar-refractivity contribution in [2.45, 2.75) is 31.3 Å². The van der Waals surface area contributed by atoms with E-state index in [1.807, 2.05) is 6.92 Å². The summed E-state index contributed by atoms with van der Waals surface area (Å²) in [6, 6.07) is 3.36. The van der Waals surface area contributed by atoms with E-state index in [9.17, 15) is 8.42 Å². The summed E-state index contributed by atoms with van der Waals surface area (Å²) in [5.41, 5.74) is 0.980. The van der Waals surface area contributed by atoms with Gasteiger partial charge in [-0.1, -0.05) is 13.0 Å². The Morgan fingerprint density at radius 3 is 2.67 bits per heavy atom. The Balaban J connectivity index is 1.85. The van der Waals surface area contributed by atoms with E-state index < -0.39 is 10.0 Å². The van der Waals surface area contributed by atoms with Gasteiger partial charge in [0.05, 0.1) is 0 Å². The average molecular weight is 312 g/mol. The molecule has 0 amide bonds. The SMILES string of the molecule is CCNCc1ccc(S(=O)(=O)NCCN2CCCC2)nc1. The highest BCUT2D eigenvalue weighted by Crippen LogP contribution is 2.08. The molecule has 0 spiro atoms. The van der Waals surface area contributed by atoms with Crippen molar-refractivity contribution in [3.05, 3.63) is 23.9 Å². The molecule has 1 fully saturated rings. The lowest BCUT2D eigenvalue weighted by atomic mass is 10.3. The molecular formula is C14H24N4O2S. The molecule has 0 bridgehead atoms. The van der Waals surface area contributed by atoms with E-state index in [-0.39, 0.29) is 5.03 Å². The highest BCUT2D eigenvalue weighted by atomic mass is 32.2. The number of rotatable bonds is 8. The molecule has 21 heavy (non-hydrogen) atoms. The van der Waals surface area contributed by atoms with Gasteiger partial charge in [-0.05, 0) is 44.1 Å². The molecule has 0 saturated carbocycles. The minimum atomic E-state index is -3.50. The van der Waals surface area contributed by atoms with Crippen molar-refractivity contribution in [3.63, 3.8) is 0 Å². The van der Waals surface area contributed by atoms with Crippen LogP contribution in [-0.2, 0) is 16.6 Å². The maximum atomic E-state index is 12.1. The number of hydrogen-bond acceptors (Lipinski definition) is 5. The molecule has 0 atom stereocenters. The fourth-order valence-electron chi connectivity index (χ4n) is 2.36. The smallest absolute Gasteiger partial charge is 0.258 e. The monoisotopic (exact) mass is 312 g/mol. The molecule has 0 unspecified atom stereocenters. The van der Waals surface area contributed by atoms with E-state index in [0.29, 0.717) is 13.1 Å². The number of aromatic nitrogens is 1. The first kappa shape index (κ1) is 16.4. The first-order chi connectivity index (χ1) is 10.1. The van der Waals surface area contributed by atoms with Crippen molar-refractivity contribution < 1.29 is 8.42 Å². The van der Waals surface area contributed by atoms with E-state index in [4.69, 9.17) is 0 Å². The first-order valence-electron chi connectivity index (χ1n) is 7.49. The lowest BCUT2D eigenvalue weighted by Crippen LogP contribution is -2.33. The zero-order valence-corrected chi connectivity index (χ0v) is 13.3. The topological polar surface area (TPSA) is 74.3 Å². The third-order valence-electron chi connectivity index (χ3n) is 3.57. The number of sulfonamides is 1. The summed E-state index contributed by atoms with van der Waals surface area (Å²) >= 11 is 0. The molecular weight excluding hydrogens is 288 g/mol. The fraction of sp³-hybridized carbons (Fsp3) is 0.643. The Bertz CT molecular complexity index is 524. The van der Waals surface area contributed by atoms with Gasteiger partial charge in [-0.3, -0.25) is 0 Å². The van der Waals surface area contributed by atoms with E-state index in [1.54, 1.807) is 18.3 Å². The van der Waals surface area contributed by atoms with Crippen LogP contribution < -0.4 is 10.0 Å². The van der Waals surface area contributed by atoms with Crippen LogP contribution >= 0.6 is 0 Å². The molecule has 0 aliphatic carbocycles. The van der Waals surface area contributed by atoms with Gasteiger partial charge in [-0.2, -0.15) is 0 Å². The average Bonchev–Trinajstić information content (AvgIpc) is 2.98. The van der Waals surface area contributed by atoms with Crippen molar-refractivity contribution in [2.75, 3.05) is 32.7 Å². The summed E-state index contributed by atoms with van der Waals surface area (Å²) in [5, 5.41) is 3.26. The molecule has 1 aliphatic rings. The lowest BCUT2D eigenvalue weighted by molar-refractivity contribution is 0.344. The molecule has 6 nitrogen and oxygen atoms in total. The van der Waals surface area contributed by atoms with Crippen LogP contribution in [0.3, 0.4) is 0 Å². The number of nitrogens with zero attached hydrogens (tertiary/aromatic N) is 2. The minimum Gasteiger partial charge on any atom is -0.313 e. The van der Waals surface area contributed by atoms with Gasteiger partial charge >= 0.3 is 0 Å². The van der Waals surface area contributed by atoms with Gasteiger partial charge in [-0.25, -0.2) is 18.1 Å². The van der Waals surface area contributed by atoms with Crippen LogP contribution in [0.4, 0.5) is 0 Å². The van der Waals surface area contributed by atoms with Crippen molar-refractivity contribution in [2.24, 2.45) is 0 Å². The van der Waals surface area contributed by atoms with Crippen molar-refractivity contribution in [3.8, 4) is 0 Å². The first-order valence-corrected chi connectivity index (χ1v) is 8.98. The highest BCUT2D eigenvalue weighted by Gasteiger charge is 2.16. The molecule has 2 heterocycles. The lowest BCUT2D eigenvalue weighted by Gasteiger charge is -2.14. The van der Waals surface area contributed by atoms with Crippen LogP contribution in [0.25, 0.3) is 0 Å². The van der Waals surface area contributed by atoms with Gasteiger partial charge in [0.1, 0.15) is 0 Å². The Labute approximate surface area is 127 Å². The molecule has 2 rings (SSSR count). The zero-order chi connectivity index (χ0) is 15.1. The summed E-state index contributed by atoms with van der Waals surface area (Å²) < 4.78 is 26.9. The van der Waals surface area contributed by atoms with E-state index in [1.165, 1.54) is 12.8 Å². The van der Waals surface area contributed by atoms with Crippen LogP contribution in [0.2, 0.25) is 0 Å². The summed E-state index contributed by atoms with van der Waals surface area (Å²) in [5.74, 6) is 0. The second-order valence-electron chi connectivity index (χ2n) is 5.23. The summed E-state index contributed by atoms with van der Waals surface area (Å²) in [6.07, 6.45) is 4.03. The Hall–Kier alpha value is -1.02. The largest absolute Gasteiger partial charge is 0.313 e. The van der Waals surface area contributed by atoms with E-state index >= 15 is 0 Å². The Kier molecular flexibility index (Phi) is 6.10. The number of likely N-dealkylation sites (tertiary alicyclic amines) is 1. The fourth-order valence-corrected chi connectivity index (χ4v) is 3.31. The van der Waals surface area contributed by atoms with Crippen LogP contribution in [0, 0.1) is 0 Å². The molecule has 1 aliphatic heterocycles. The maximum Gasteiger partial charge on any atom is 0.258 e. The molecule has 118 valence electrons. The predicted molar refractivity (Wildman–Crippen MR) is 82.5 cm³/mol. The zero-order valence-electron chi connectivity index (χ0n) is 12.5. The molecule has 2 N–H and O–H groups in total.